The minimum Gasteiger partial charge on any atom is -0.312 e. The van der Waals surface area contributed by atoms with E-state index in [4.69, 9.17) is 0 Å². The molecule has 14 heavy (non-hydrogen) atoms. The second-order valence-corrected chi connectivity index (χ2v) is 4.51. The Kier molecular flexibility index (Phi) is 2.31. The van der Waals surface area contributed by atoms with Crippen molar-refractivity contribution in [2.45, 2.75) is 45.7 Å². The van der Waals surface area contributed by atoms with Crippen molar-refractivity contribution in [3.05, 3.63) is 11.6 Å². The number of nitrogens with zero attached hydrogens (tertiary/aromatic N) is 3. The van der Waals surface area contributed by atoms with Crippen molar-refractivity contribution in [3.63, 3.8) is 0 Å². The first kappa shape index (κ1) is 9.65. The van der Waals surface area contributed by atoms with Crippen LogP contribution in [0.5, 0.6) is 0 Å². The van der Waals surface area contributed by atoms with Crippen molar-refractivity contribution in [1.29, 1.82) is 0 Å². The summed E-state index contributed by atoms with van der Waals surface area (Å²) in [6.07, 6.45) is 1.10. The van der Waals surface area contributed by atoms with Crippen molar-refractivity contribution in [2.75, 3.05) is 6.54 Å². The van der Waals surface area contributed by atoms with Crippen LogP contribution in [0, 0.1) is 0 Å². The van der Waals surface area contributed by atoms with E-state index < -0.39 is 0 Å². The standard InChI is InChI=1S/C10H18N4/c1-4-10(2,3)9-13-12-8-7-11-5-6-14(8)9/h11H,4-7H2,1-3H3. The lowest BCUT2D eigenvalue weighted by atomic mass is 9.89. The van der Waals surface area contributed by atoms with Crippen LogP contribution in [0.15, 0.2) is 0 Å². The highest BCUT2D eigenvalue weighted by Crippen LogP contribution is 2.25. The highest BCUT2D eigenvalue weighted by atomic mass is 15.3. The molecule has 1 aromatic heterocycles. The molecule has 0 radical (unpaired) electrons. The summed E-state index contributed by atoms with van der Waals surface area (Å²) >= 11 is 0. The molecule has 0 atom stereocenters. The molecular formula is C10H18N4. The number of nitrogens with one attached hydrogen (secondary N) is 1. The third-order valence-corrected chi connectivity index (χ3v) is 3.11. The van der Waals surface area contributed by atoms with Crippen LogP contribution in [-0.4, -0.2) is 21.3 Å². The summed E-state index contributed by atoms with van der Waals surface area (Å²) in [6, 6.07) is 0. The normalized spacial score (nSPS) is 16.8. The van der Waals surface area contributed by atoms with Crippen molar-refractivity contribution < 1.29 is 0 Å². The third kappa shape index (κ3) is 1.43. The molecule has 1 aliphatic heterocycles. The third-order valence-electron chi connectivity index (χ3n) is 3.11. The lowest BCUT2D eigenvalue weighted by Gasteiger charge is -2.25. The molecule has 0 aliphatic carbocycles. The van der Waals surface area contributed by atoms with Crippen molar-refractivity contribution in [3.8, 4) is 0 Å². The first-order valence-corrected chi connectivity index (χ1v) is 5.28. The van der Waals surface area contributed by atoms with Gasteiger partial charge in [0.15, 0.2) is 0 Å². The Hall–Kier alpha value is -0.900. The van der Waals surface area contributed by atoms with Gasteiger partial charge in [0.1, 0.15) is 11.6 Å². The van der Waals surface area contributed by atoms with Crippen LogP contribution in [0.4, 0.5) is 0 Å². The lowest BCUT2D eigenvalue weighted by Crippen LogP contribution is -2.32. The maximum Gasteiger partial charge on any atom is 0.147 e. The largest absolute Gasteiger partial charge is 0.312 e. The zero-order valence-electron chi connectivity index (χ0n) is 9.17. The fraction of sp³-hybridized carbons (Fsp3) is 0.800. The Morgan fingerprint density at radius 3 is 2.93 bits per heavy atom. The van der Waals surface area contributed by atoms with E-state index >= 15 is 0 Å². The SMILES string of the molecule is CCC(C)(C)c1nnc2n1CCNC2. The van der Waals surface area contributed by atoms with E-state index in [0.29, 0.717) is 0 Å². The Morgan fingerprint density at radius 1 is 1.43 bits per heavy atom. The number of hydrogen-bond acceptors (Lipinski definition) is 3. The lowest BCUT2D eigenvalue weighted by molar-refractivity contribution is 0.416. The van der Waals surface area contributed by atoms with E-state index in [2.05, 4.69) is 40.9 Å². The van der Waals surface area contributed by atoms with Crippen molar-refractivity contribution in [1.82, 2.24) is 20.1 Å². The summed E-state index contributed by atoms with van der Waals surface area (Å²) in [5.41, 5.74) is 0.141. The van der Waals surface area contributed by atoms with Gasteiger partial charge in [-0.15, -0.1) is 10.2 Å². The van der Waals surface area contributed by atoms with Gasteiger partial charge in [-0.1, -0.05) is 20.8 Å². The van der Waals surface area contributed by atoms with Gasteiger partial charge in [0.25, 0.3) is 0 Å². The van der Waals surface area contributed by atoms with Crippen molar-refractivity contribution >= 4 is 0 Å². The van der Waals surface area contributed by atoms with Crippen molar-refractivity contribution in [2.24, 2.45) is 0 Å². The molecule has 0 saturated heterocycles. The van der Waals surface area contributed by atoms with Crippen LogP contribution in [0.3, 0.4) is 0 Å². The molecule has 0 unspecified atom stereocenters. The quantitative estimate of drug-likeness (QED) is 0.765. The fourth-order valence-corrected chi connectivity index (χ4v) is 1.75. The first-order valence-electron chi connectivity index (χ1n) is 5.28. The number of fused-ring (bicyclic) bond motifs is 1. The van der Waals surface area contributed by atoms with Crippen LogP contribution in [0.25, 0.3) is 0 Å². The molecule has 0 saturated carbocycles. The Morgan fingerprint density at radius 2 is 2.21 bits per heavy atom. The minimum absolute atomic E-state index is 0.141. The van der Waals surface area contributed by atoms with Gasteiger partial charge in [-0.05, 0) is 6.42 Å². The fourth-order valence-electron chi connectivity index (χ4n) is 1.75. The molecule has 0 aromatic carbocycles. The van der Waals surface area contributed by atoms with E-state index in [1.165, 1.54) is 0 Å². The maximum absolute atomic E-state index is 4.31. The summed E-state index contributed by atoms with van der Waals surface area (Å²) in [5, 5.41) is 11.8. The molecule has 1 aliphatic rings. The predicted molar refractivity (Wildman–Crippen MR) is 55.0 cm³/mol. The molecule has 4 heteroatoms. The molecule has 2 rings (SSSR count). The van der Waals surface area contributed by atoms with Crippen LogP contribution >= 0.6 is 0 Å². The van der Waals surface area contributed by atoms with Crippen LogP contribution < -0.4 is 5.32 Å². The van der Waals surface area contributed by atoms with Crippen LogP contribution in [0.2, 0.25) is 0 Å². The van der Waals surface area contributed by atoms with Gasteiger partial charge < -0.3 is 9.88 Å². The average Bonchev–Trinajstić information content (AvgIpc) is 2.61. The van der Waals surface area contributed by atoms with Gasteiger partial charge in [-0.25, -0.2) is 0 Å². The van der Waals surface area contributed by atoms with Gasteiger partial charge in [0.2, 0.25) is 0 Å². The highest BCUT2D eigenvalue weighted by Gasteiger charge is 2.27. The van der Waals surface area contributed by atoms with Gasteiger partial charge in [0.05, 0.1) is 6.54 Å². The molecule has 4 nitrogen and oxygen atoms in total. The number of rotatable bonds is 2. The van der Waals surface area contributed by atoms with Crippen LogP contribution in [0.1, 0.15) is 38.8 Å². The minimum atomic E-state index is 0.141. The molecule has 78 valence electrons. The Balaban J connectivity index is 2.39. The first-order chi connectivity index (χ1) is 6.65. The zero-order chi connectivity index (χ0) is 10.2. The molecule has 1 aromatic rings. The molecule has 0 bridgehead atoms. The monoisotopic (exact) mass is 194 g/mol. The molecule has 0 spiro atoms. The van der Waals surface area contributed by atoms with Gasteiger partial charge in [0, 0.05) is 18.5 Å². The smallest absolute Gasteiger partial charge is 0.147 e. The molecule has 2 heterocycles. The zero-order valence-corrected chi connectivity index (χ0v) is 9.17. The summed E-state index contributed by atoms with van der Waals surface area (Å²) in [5.74, 6) is 2.21. The van der Waals surface area contributed by atoms with E-state index in [0.717, 1.165) is 37.7 Å². The van der Waals surface area contributed by atoms with Gasteiger partial charge in [-0.3, -0.25) is 0 Å². The van der Waals surface area contributed by atoms with Crippen LogP contribution in [-0.2, 0) is 18.5 Å². The summed E-state index contributed by atoms with van der Waals surface area (Å²) in [7, 11) is 0. The number of hydrogen-bond donors (Lipinski definition) is 1. The van der Waals surface area contributed by atoms with E-state index in [1.54, 1.807) is 0 Å². The topological polar surface area (TPSA) is 42.7 Å². The van der Waals surface area contributed by atoms with E-state index in [1.807, 2.05) is 0 Å². The average molecular weight is 194 g/mol. The molecular weight excluding hydrogens is 176 g/mol. The van der Waals surface area contributed by atoms with Gasteiger partial charge in [-0.2, -0.15) is 0 Å². The second-order valence-electron chi connectivity index (χ2n) is 4.51. The Labute approximate surface area is 84.7 Å². The maximum atomic E-state index is 4.31. The van der Waals surface area contributed by atoms with E-state index in [9.17, 15) is 0 Å². The summed E-state index contributed by atoms with van der Waals surface area (Å²) in [6.45, 7) is 9.53. The summed E-state index contributed by atoms with van der Waals surface area (Å²) in [4.78, 5) is 0. The highest BCUT2D eigenvalue weighted by molar-refractivity contribution is 5.08. The Bertz CT molecular complexity index is 327. The molecule has 0 amide bonds. The molecule has 1 N–H and O–H groups in total. The summed E-state index contributed by atoms with van der Waals surface area (Å²) < 4.78 is 2.26. The second kappa shape index (κ2) is 3.35. The molecule has 0 fully saturated rings. The van der Waals surface area contributed by atoms with Gasteiger partial charge >= 0.3 is 0 Å². The number of aromatic nitrogens is 3. The van der Waals surface area contributed by atoms with E-state index in [-0.39, 0.29) is 5.41 Å². The predicted octanol–water partition coefficient (Wildman–Crippen LogP) is 1.07.